The van der Waals surface area contributed by atoms with Crippen molar-refractivity contribution in [3.05, 3.63) is 0 Å². The van der Waals surface area contributed by atoms with Gasteiger partial charge in [-0.1, -0.05) is 0 Å². The third-order valence-electron chi connectivity index (χ3n) is 7.00. The molecule has 0 aliphatic rings. The van der Waals surface area contributed by atoms with E-state index in [4.69, 9.17) is 0 Å². The Kier molecular flexibility index (Phi) is 18.4. The van der Waals surface area contributed by atoms with Gasteiger partial charge in [-0.25, -0.2) is 0 Å². The first kappa shape index (κ1) is 28.4. The van der Waals surface area contributed by atoms with Crippen LogP contribution in [-0.4, -0.2) is 24.6 Å². The Morgan fingerprint density at radius 3 is 0.893 bits per heavy atom. The first-order chi connectivity index (χ1) is 13.5. The molecule has 0 aliphatic carbocycles. The molecule has 0 aromatic rings. The topological polar surface area (TPSA) is 0 Å². The molecule has 28 heavy (non-hydrogen) atoms. The van der Waals surface area contributed by atoms with Gasteiger partial charge in [-0.05, 0) is 0 Å². The summed E-state index contributed by atoms with van der Waals surface area (Å²) in [6, 6.07) is 0. The maximum atomic E-state index is 16.8. The number of hydrogen-bond acceptors (Lipinski definition) is 0. The van der Waals surface area contributed by atoms with Crippen molar-refractivity contribution in [1.82, 2.24) is 0 Å². The van der Waals surface area contributed by atoms with E-state index in [9.17, 15) is 0 Å². The van der Waals surface area contributed by atoms with Crippen LogP contribution in [0.1, 0.15) is 143 Å². The van der Waals surface area contributed by atoms with Crippen molar-refractivity contribution in [2.45, 2.75) is 143 Å². The SMILES string of the molecule is CCCCCCCCP(F)(CC)(CCCCCCCC)CCCCCCCC. The molecule has 0 fully saturated rings. The molecule has 0 atom stereocenters. The Morgan fingerprint density at radius 1 is 0.393 bits per heavy atom. The van der Waals surface area contributed by atoms with Crippen LogP contribution in [0.3, 0.4) is 0 Å². The van der Waals surface area contributed by atoms with Gasteiger partial charge >= 0.3 is 179 Å². The molecule has 0 bridgehead atoms. The van der Waals surface area contributed by atoms with E-state index in [1.807, 2.05) is 0 Å². The predicted octanol–water partition coefficient (Wildman–Crippen LogP) is 10.5. The fraction of sp³-hybridized carbons (Fsp3) is 1.00. The number of unbranched alkanes of at least 4 members (excludes halogenated alkanes) is 15. The Labute approximate surface area is 179 Å². The Balaban J connectivity index is 4.51. The summed E-state index contributed by atoms with van der Waals surface area (Å²) in [4.78, 5) is 0. The third-order valence-corrected chi connectivity index (χ3v) is 12.9. The van der Waals surface area contributed by atoms with Gasteiger partial charge in [0.25, 0.3) is 0 Å². The van der Waals surface area contributed by atoms with E-state index in [1.54, 1.807) is 0 Å². The molecule has 0 aromatic heterocycles. The molecule has 172 valence electrons. The normalized spacial score (nSPS) is 13.5. The van der Waals surface area contributed by atoms with Crippen molar-refractivity contribution in [2.24, 2.45) is 0 Å². The van der Waals surface area contributed by atoms with Crippen molar-refractivity contribution in [3.8, 4) is 0 Å². The summed E-state index contributed by atoms with van der Waals surface area (Å²) in [5.74, 6) is 0. The van der Waals surface area contributed by atoms with E-state index in [0.29, 0.717) is 0 Å². The summed E-state index contributed by atoms with van der Waals surface area (Å²) in [6.07, 6.45) is 26.8. The van der Waals surface area contributed by atoms with Crippen molar-refractivity contribution in [3.63, 3.8) is 0 Å². The average Bonchev–Trinajstić information content (AvgIpc) is 2.70. The fourth-order valence-corrected chi connectivity index (χ4v) is 9.33. The zero-order valence-corrected chi connectivity index (χ0v) is 21.3. The van der Waals surface area contributed by atoms with E-state index >= 15 is 4.20 Å². The van der Waals surface area contributed by atoms with Crippen molar-refractivity contribution in [1.29, 1.82) is 0 Å². The van der Waals surface area contributed by atoms with Gasteiger partial charge in [0, 0.05) is 0 Å². The molecule has 0 heterocycles. The van der Waals surface area contributed by atoms with Crippen LogP contribution in [0, 0.1) is 0 Å². The minimum absolute atomic E-state index is 0.852. The van der Waals surface area contributed by atoms with Crippen LogP contribution in [0.4, 0.5) is 4.20 Å². The predicted molar refractivity (Wildman–Crippen MR) is 133 cm³/mol. The van der Waals surface area contributed by atoms with Gasteiger partial charge in [0.05, 0.1) is 0 Å². The van der Waals surface area contributed by atoms with Crippen molar-refractivity contribution in [2.75, 3.05) is 24.6 Å². The van der Waals surface area contributed by atoms with Gasteiger partial charge in [-0.15, -0.1) is 0 Å². The van der Waals surface area contributed by atoms with Gasteiger partial charge < -0.3 is 0 Å². The molecule has 0 amide bonds. The molecule has 2 heteroatoms. The first-order valence-electron chi connectivity index (χ1n) is 13.3. The number of halogens is 1. The Bertz CT molecular complexity index is 285. The molecule has 0 rings (SSSR count). The molecule has 0 spiro atoms. The second-order valence-corrected chi connectivity index (χ2v) is 15.2. The molecule has 0 aliphatic heterocycles. The van der Waals surface area contributed by atoms with Crippen LogP contribution in [0.2, 0.25) is 0 Å². The summed E-state index contributed by atoms with van der Waals surface area (Å²) in [7, 11) is 0. The Hall–Kier alpha value is 0.360. The molecule has 0 nitrogen and oxygen atoms in total. The summed E-state index contributed by atoms with van der Waals surface area (Å²) in [5, 5.41) is 0. The monoisotopic (exact) mass is 418 g/mol. The van der Waals surface area contributed by atoms with Gasteiger partial charge in [0.15, 0.2) is 0 Å². The van der Waals surface area contributed by atoms with E-state index in [-0.39, 0.29) is 0 Å². The van der Waals surface area contributed by atoms with Crippen LogP contribution in [0.25, 0.3) is 0 Å². The van der Waals surface area contributed by atoms with Crippen LogP contribution < -0.4 is 0 Å². The summed E-state index contributed by atoms with van der Waals surface area (Å²) >= 11 is 0. The second kappa shape index (κ2) is 18.2. The number of rotatable bonds is 22. The molecule has 0 saturated carbocycles. The van der Waals surface area contributed by atoms with Gasteiger partial charge in [-0.2, -0.15) is 0 Å². The van der Waals surface area contributed by atoms with Crippen molar-refractivity contribution < 1.29 is 4.20 Å². The van der Waals surface area contributed by atoms with Crippen LogP contribution in [-0.2, 0) is 0 Å². The molecule has 0 aromatic carbocycles. The molecule has 0 N–H and O–H groups in total. The summed E-state index contributed by atoms with van der Waals surface area (Å²) < 4.78 is 16.8. The maximum absolute atomic E-state index is 16.8. The summed E-state index contributed by atoms with van der Waals surface area (Å²) in [6.45, 7) is 6.03. The zero-order valence-electron chi connectivity index (χ0n) is 20.4. The van der Waals surface area contributed by atoms with E-state index in [1.165, 1.54) is 96.3 Å². The van der Waals surface area contributed by atoms with Crippen molar-refractivity contribution >= 4 is 6.91 Å². The summed E-state index contributed by atoms with van der Waals surface area (Å²) in [5.41, 5.74) is 0. The molecular weight excluding hydrogens is 362 g/mol. The first-order valence-corrected chi connectivity index (χ1v) is 16.1. The molecule has 0 unspecified atom stereocenters. The van der Waals surface area contributed by atoms with Crippen LogP contribution in [0.15, 0.2) is 0 Å². The van der Waals surface area contributed by atoms with E-state index in [2.05, 4.69) is 27.7 Å². The zero-order chi connectivity index (χ0) is 21.0. The molecular formula is C26H56FP. The van der Waals surface area contributed by atoms with Gasteiger partial charge in [-0.3, -0.25) is 0 Å². The third kappa shape index (κ3) is 14.4. The minimum atomic E-state index is -2.96. The Morgan fingerprint density at radius 2 is 0.643 bits per heavy atom. The quantitative estimate of drug-likeness (QED) is 0.121. The van der Waals surface area contributed by atoms with Crippen LogP contribution >= 0.6 is 6.91 Å². The number of hydrogen-bond donors (Lipinski definition) is 0. The van der Waals surface area contributed by atoms with Crippen LogP contribution in [0.5, 0.6) is 0 Å². The van der Waals surface area contributed by atoms with Gasteiger partial charge in [0.2, 0.25) is 0 Å². The molecule has 0 radical (unpaired) electrons. The fourth-order valence-electron chi connectivity index (χ4n) is 4.67. The average molecular weight is 419 g/mol. The molecule has 0 saturated heterocycles. The van der Waals surface area contributed by atoms with E-state index < -0.39 is 6.91 Å². The standard InChI is InChI=1S/C26H56FP/c1-5-9-12-15-18-21-24-28(27,8-4,25-22-19-16-13-10-6-2)26-23-20-17-14-11-7-3/h5-26H2,1-4H3. The van der Waals surface area contributed by atoms with Gasteiger partial charge in [0.1, 0.15) is 0 Å². The second-order valence-electron chi connectivity index (χ2n) is 9.61. The van der Waals surface area contributed by atoms with E-state index in [0.717, 1.165) is 43.9 Å².